The minimum Gasteiger partial charge on any atom is -0.228 e. The van der Waals surface area contributed by atoms with Gasteiger partial charge < -0.3 is 0 Å². The molecule has 2 heterocycles. The van der Waals surface area contributed by atoms with Crippen LogP contribution < -0.4 is 0 Å². The van der Waals surface area contributed by atoms with Crippen molar-refractivity contribution in [2.24, 2.45) is 0 Å². The molecule has 0 N–H and O–H groups in total. The van der Waals surface area contributed by atoms with Crippen molar-refractivity contribution in [1.82, 2.24) is 14.8 Å². The second kappa shape index (κ2) is 6.63. The fraction of sp³-hybridized carbons (Fsp3) is 0.143. The summed E-state index contributed by atoms with van der Waals surface area (Å²) in [7, 11) is 0. The van der Waals surface area contributed by atoms with Crippen LogP contribution in [0.15, 0.2) is 54.6 Å². The summed E-state index contributed by atoms with van der Waals surface area (Å²) in [5, 5.41) is 4.85. The highest BCUT2D eigenvalue weighted by Crippen LogP contribution is 2.38. The fourth-order valence-electron chi connectivity index (χ4n) is 3.15. The fourth-order valence-corrected chi connectivity index (χ4v) is 3.27. The Bertz CT molecular complexity index is 1160. The predicted molar refractivity (Wildman–Crippen MR) is 104 cm³/mol. The van der Waals surface area contributed by atoms with Crippen LogP contribution in [0.4, 0.5) is 13.2 Å². The average Bonchev–Trinajstić information content (AvgIpc) is 2.98. The van der Waals surface area contributed by atoms with Gasteiger partial charge in [0.2, 0.25) is 0 Å². The molecule has 0 bridgehead atoms. The highest BCUT2D eigenvalue weighted by Gasteiger charge is 2.35. The molecule has 0 aliphatic heterocycles. The van der Waals surface area contributed by atoms with Crippen LogP contribution in [0.25, 0.3) is 28.0 Å². The predicted octanol–water partition coefficient (Wildman–Crippen LogP) is 6.38. The molecule has 0 saturated carbocycles. The summed E-state index contributed by atoms with van der Waals surface area (Å²) in [5.74, 6) is 0. The van der Waals surface area contributed by atoms with Crippen molar-refractivity contribution in [2.75, 3.05) is 0 Å². The van der Waals surface area contributed by atoms with Crippen LogP contribution in [0.5, 0.6) is 0 Å². The Morgan fingerprint density at radius 3 is 2.18 bits per heavy atom. The molecule has 0 unspecified atom stereocenters. The molecule has 2 aromatic heterocycles. The number of rotatable bonds is 2. The lowest BCUT2D eigenvalue weighted by atomic mass is 10.0. The molecule has 0 amide bonds. The van der Waals surface area contributed by atoms with E-state index in [1.165, 1.54) is 4.68 Å². The number of benzene rings is 2. The molecular formula is C21H15ClF3N3. The molecule has 28 heavy (non-hydrogen) atoms. The molecule has 7 heteroatoms. The van der Waals surface area contributed by atoms with Crippen LogP contribution in [0.2, 0.25) is 5.02 Å². The Hall–Kier alpha value is -2.86. The van der Waals surface area contributed by atoms with Crippen LogP contribution in [-0.2, 0) is 6.18 Å². The van der Waals surface area contributed by atoms with E-state index in [1.54, 1.807) is 43.3 Å². The minimum absolute atomic E-state index is 0.00156. The Labute approximate surface area is 164 Å². The molecule has 3 nitrogen and oxygen atoms in total. The molecule has 4 aromatic rings. The molecule has 0 spiro atoms. The quantitative estimate of drug-likeness (QED) is 0.390. The molecule has 2 aromatic carbocycles. The maximum atomic E-state index is 13.8. The summed E-state index contributed by atoms with van der Waals surface area (Å²) < 4.78 is 42.9. The number of aryl methyl sites for hydroxylation is 2. The smallest absolute Gasteiger partial charge is 0.228 e. The third-order valence-corrected chi connectivity index (χ3v) is 4.79. The number of pyridine rings is 1. The molecule has 0 fully saturated rings. The van der Waals surface area contributed by atoms with Gasteiger partial charge in [-0.15, -0.1) is 0 Å². The van der Waals surface area contributed by atoms with Gasteiger partial charge in [0.1, 0.15) is 0 Å². The number of fused-ring (bicyclic) bond motifs is 1. The average molecular weight is 402 g/mol. The Morgan fingerprint density at radius 1 is 0.929 bits per heavy atom. The molecule has 0 atom stereocenters. The SMILES string of the molecule is Cc1ccc(-c2cc(C(F)(F)F)c3c(C)nn(-c4ccc(Cl)cc4)c3n2)cc1. The third-order valence-electron chi connectivity index (χ3n) is 4.54. The van der Waals surface area contributed by atoms with Gasteiger partial charge in [-0.25, -0.2) is 9.67 Å². The Balaban J connectivity index is 2.04. The highest BCUT2D eigenvalue weighted by molar-refractivity contribution is 6.30. The van der Waals surface area contributed by atoms with E-state index in [-0.39, 0.29) is 22.4 Å². The van der Waals surface area contributed by atoms with Crippen molar-refractivity contribution < 1.29 is 13.2 Å². The van der Waals surface area contributed by atoms with E-state index in [0.29, 0.717) is 16.3 Å². The van der Waals surface area contributed by atoms with Crippen molar-refractivity contribution in [1.29, 1.82) is 0 Å². The van der Waals surface area contributed by atoms with E-state index < -0.39 is 11.7 Å². The van der Waals surface area contributed by atoms with Crippen molar-refractivity contribution in [3.8, 4) is 16.9 Å². The van der Waals surface area contributed by atoms with E-state index in [4.69, 9.17) is 11.6 Å². The van der Waals surface area contributed by atoms with Gasteiger partial charge in [0.05, 0.1) is 28.0 Å². The van der Waals surface area contributed by atoms with Crippen LogP contribution in [0.3, 0.4) is 0 Å². The first-order valence-corrected chi connectivity index (χ1v) is 8.92. The molecule has 0 aliphatic rings. The summed E-state index contributed by atoms with van der Waals surface area (Å²) in [6, 6.07) is 15.0. The molecule has 0 aliphatic carbocycles. The van der Waals surface area contributed by atoms with Crippen molar-refractivity contribution in [2.45, 2.75) is 20.0 Å². The largest absolute Gasteiger partial charge is 0.417 e. The first-order chi connectivity index (χ1) is 13.2. The van der Waals surface area contributed by atoms with Crippen LogP contribution >= 0.6 is 11.6 Å². The van der Waals surface area contributed by atoms with E-state index in [2.05, 4.69) is 10.1 Å². The van der Waals surface area contributed by atoms with E-state index in [9.17, 15) is 13.2 Å². The number of nitrogens with zero attached hydrogens (tertiary/aromatic N) is 3. The molecular weight excluding hydrogens is 387 g/mol. The number of alkyl halides is 3. The van der Waals surface area contributed by atoms with E-state index >= 15 is 0 Å². The zero-order chi connectivity index (χ0) is 20.1. The first kappa shape index (κ1) is 18.5. The van der Waals surface area contributed by atoms with Gasteiger partial charge in [0.25, 0.3) is 0 Å². The lowest BCUT2D eigenvalue weighted by Crippen LogP contribution is -2.08. The summed E-state index contributed by atoms with van der Waals surface area (Å²) in [6.45, 7) is 3.47. The Morgan fingerprint density at radius 2 is 1.57 bits per heavy atom. The second-order valence-corrected chi connectivity index (χ2v) is 7.03. The van der Waals surface area contributed by atoms with E-state index in [1.807, 2.05) is 19.1 Å². The molecule has 0 radical (unpaired) electrons. The van der Waals surface area contributed by atoms with Gasteiger partial charge in [-0.2, -0.15) is 18.3 Å². The molecule has 0 saturated heterocycles. The van der Waals surface area contributed by atoms with Crippen LogP contribution in [0, 0.1) is 13.8 Å². The van der Waals surface area contributed by atoms with Gasteiger partial charge in [0, 0.05) is 10.6 Å². The van der Waals surface area contributed by atoms with Crippen molar-refractivity contribution >= 4 is 22.6 Å². The van der Waals surface area contributed by atoms with Gasteiger partial charge in [-0.1, -0.05) is 41.4 Å². The third kappa shape index (κ3) is 3.24. The number of halogens is 4. The summed E-state index contributed by atoms with van der Waals surface area (Å²) in [6.07, 6.45) is -4.53. The molecule has 142 valence electrons. The maximum Gasteiger partial charge on any atom is 0.417 e. The summed E-state index contributed by atoms with van der Waals surface area (Å²) in [5.41, 5.74) is 2.14. The van der Waals surface area contributed by atoms with Crippen molar-refractivity contribution in [3.05, 3.63) is 76.4 Å². The van der Waals surface area contributed by atoms with Gasteiger partial charge in [-0.3, -0.25) is 0 Å². The summed E-state index contributed by atoms with van der Waals surface area (Å²) >= 11 is 5.93. The number of hydrogen-bond acceptors (Lipinski definition) is 2. The number of hydrogen-bond donors (Lipinski definition) is 0. The maximum absolute atomic E-state index is 13.8. The number of aromatic nitrogens is 3. The van der Waals surface area contributed by atoms with Gasteiger partial charge in [-0.05, 0) is 44.2 Å². The standard InChI is InChI=1S/C21H15ClF3N3/c1-12-3-5-14(6-4-12)18-11-17(21(23,24)25)19-13(2)27-28(20(19)26-18)16-9-7-15(22)8-10-16/h3-11H,1-2H3. The monoisotopic (exact) mass is 401 g/mol. The second-order valence-electron chi connectivity index (χ2n) is 6.59. The van der Waals surface area contributed by atoms with E-state index in [0.717, 1.165) is 11.6 Å². The first-order valence-electron chi connectivity index (χ1n) is 8.54. The lowest BCUT2D eigenvalue weighted by molar-refractivity contribution is -0.136. The highest BCUT2D eigenvalue weighted by atomic mass is 35.5. The summed E-state index contributed by atoms with van der Waals surface area (Å²) in [4.78, 5) is 4.54. The zero-order valence-corrected chi connectivity index (χ0v) is 15.8. The van der Waals surface area contributed by atoms with Gasteiger partial charge in [0.15, 0.2) is 5.65 Å². The van der Waals surface area contributed by atoms with Gasteiger partial charge >= 0.3 is 6.18 Å². The normalized spacial score (nSPS) is 11.9. The topological polar surface area (TPSA) is 30.7 Å². The molecule has 4 rings (SSSR count). The Kier molecular flexibility index (Phi) is 4.38. The minimum atomic E-state index is -4.53. The van der Waals surface area contributed by atoms with Crippen molar-refractivity contribution in [3.63, 3.8) is 0 Å². The van der Waals surface area contributed by atoms with Crippen LogP contribution in [-0.4, -0.2) is 14.8 Å². The zero-order valence-electron chi connectivity index (χ0n) is 15.0. The van der Waals surface area contributed by atoms with Crippen LogP contribution in [0.1, 0.15) is 16.8 Å². The lowest BCUT2D eigenvalue weighted by Gasteiger charge is -2.12.